The van der Waals surface area contributed by atoms with E-state index in [4.69, 9.17) is 0 Å². The van der Waals surface area contributed by atoms with Crippen molar-refractivity contribution in [3.63, 3.8) is 0 Å². The van der Waals surface area contributed by atoms with Crippen molar-refractivity contribution in [1.29, 1.82) is 0 Å². The van der Waals surface area contributed by atoms with Gasteiger partial charge in [0.2, 0.25) is 0 Å². The lowest BCUT2D eigenvalue weighted by Gasteiger charge is -2.27. The molecule has 0 unspecified atom stereocenters. The summed E-state index contributed by atoms with van der Waals surface area (Å²) in [5.74, 6) is 0.948. The summed E-state index contributed by atoms with van der Waals surface area (Å²) in [6, 6.07) is 0. The Balaban J connectivity index is 3.18. The molecule has 0 N–H and O–H groups in total. The lowest BCUT2D eigenvalue weighted by molar-refractivity contribution is 0.276. The molecule has 14 heavy (non-hydrogen) atoms. The third-order valence-corrected chi connectivity index (χ3v) is 2.58. The first-order valence-electron chi connectivity index (χ1n) is 5.08. The molecule has 0 aliphatic rings. The quantitative estimate of drug-likeness (QED) is 0.727. The van der Waals surface area contributed by atoms with Gasteiger partial charge < -0.3 is 0 Å². The summed E-state index contributed by atoms with van der Waals surface area (Å²) in [5, 5.41) is 12.0. The van der Waals surface area contributed by atoms with Gasteiger partial charge in [0.1, 0.15) is 0 Å². The van der Waals surface area contributed by atoms with E-state index in [0.717, 1.165) is 12.2 Å². The molecule has 0 bridgehead atoms. The van der Waals surface area contributed by atoms with Crippen molar-refractivity contribution in [2.45, 2.75) is 58.9 Å². The Morgan fingerprint density at radius 2 is 1.71 bits per heavy atom. The van der Waals surface area contributed by atoms with Crippen LogP contribution in [-0.2, 0) is 11.0 Å². The second kappa shape index (κ2) is 3.33. The van der Waals surface area contributed by atoms with Crippen LogP contribution in [0.5, 0.6) is 0 Å². The fourth-order valence-electron chi connectivity index (χ4n) is 1.21. The first-order chi connectivity index (χ1) is 6.29. The highest BCUT2D eigenvalue weighted by molar-refractivity contribution is 5.01. The predicted molar refractivity (Wildman–Crippen MR) is 56.1 cm³/mol. The third kappa shape index (κ3) is 1.94. The van der Waals surface area contributed by atoms with Crippen molar-refractivity contribution in [2.75, 3.05) is 0 Å². The molecule has 1 aromatic rings. The van der Waals surface area contributed by atoms with Gasteiger partial charge in [-0.3, -0.25) is 0 Å². The van der Waals surface area contributed by atoms with E-state index in [9.17, 15) is 0 Å². The Bertz CT molecular complexity index is 306. The molecule has 0 saturated carbocycles. The normalized spacial score (nSPS) is 13.3. The minimum atomic E-state index is -0.00782. The second-order valence-electron chi connectivity index (χ2n) is 5.33. The summed E-state index contributed by atoms with van der Waals surface area (Å²) in [5.41, 5.74) is -0.0119. The summed E-state index contributed by atoms with van der Waals surface area (Å²) >= 11 is 0. The Kier molecular flexibility index (Phi) is 2.65. The van der Waals surface area contributed by atoms with Crippen LogP contribution in [0, 0.1) is 0 Å². The molecule has 80 valence electrons. The minimum Gasteiger partial charge on any atom is -0.224 e. The topological polar surface area (TPSA) is 43.6 Å². The van der Waals surface area contributed by atoms with Crippen LogP contribution in [0.1, 0.15) is 53.8 Å². The highest BCUT2D eigenvalue weighted by atomic mass is 15.6. The number of hydrogen-bond donors (Lipinski definition) is 0. The number of hydrogen-bond acceptors (Lipinski definition) is 3. The van der Waals surface area contributed by atoms with Crippen LogP contribution >= 0.6 is 0 Å². The zero-order chi connectivity index (χ0) is 11.0. The summed E-state index contributed by atoms with van der Waals surface area (Å²) in [6.45, 7) is 12.8. The smallest absolute Gasteiger partial charge is 0.157 e. The van der Waals surface area contributed by atoms with Crippen molar-refractivity contribution in [1.82, 2.24) is 20.2 Å². The Labute approximate surface area is 85.7 Å². The number of rotatable bonds is 2. The molecule has 0 aliphatic carbocycles. The lowest BCUT2D eigenvalue weighted by Crippen LogP contribution is -2.32. The molecule has 0 fully saturated rings. The van der Waals surface area contributed by atoms with Crippen LogP contribution < -0.4 is 0 Å². The van der Waals surface area contributed by atoms with Gasteiger partial charge in [-0.15, -0.1) is 5.10 Å². The van der Waals surface area contributed by atoms with E-state index >= 15 is 0 Å². The molecular weight excluding hydrogens is 176 g/mol. The monoisotopic (exact) mass is 196 g/mol. The van der Waals surface area contributed by atoms with Gasteiger partial charge in [0, 0.05) is 5.41 Å². The first kappa shape index (κ1) is 11.1. The maximum atomic E-state index is 4.10. The maximum Gasteiger partial charge on any atom is 0.157 e. The molecule has 0 spiro atoms. The average molecular weight is 196 g/mol. The molecular formula is C10H20N4. The molecule has 0 aromatic carbocycles. The second-order valence-corrected chi connectivity index (χ2v) is 5.33. The molecule has 1 aromatic heterocycles. The summed E-state index contributed by atoms with van der Waals surface area (Å²) in [4.78, 5) is 0. The standard InChI is InChI=1S/C10H20N4/c1-7-10(5,6)14-8(9(2,3)4)11-12-13-14/h7H2,1-6H3. The van der Waals surface area contributed by atoms with E-state index in [0.29, 0.717) is 0 Å². The molecule has 0 atom stereocenters. The number of aromatic nitrogens is 4. The molecule has 0 saturated heterocycles. The van der Waals surface area contributed by atoms with Crippen LogP contribution in [0.3, 0.4) is 0 Å². The van der Waals surface area contributed by atoms with Gasteiger partial charge in [0.05, 0.1) is 5.54 Å². The molecule has 0 aliphatic heterocycles. The van der Waals surface area contributed by atoms with Gasteiger partial charge in [-0.25, -0.2) is 4.68 Å². The van der Waals surface area contributed by atoms with Gasteiger partial charge >= 0.3 is 0 Å². The predicted octanol–water partition coefficient (Wildman–Crippen LogP) is 2.12. The summed E-state index contributed by atoms with van der Waals surface area (Å²) < 4.78 is 1.94. The fourth-order valence-corrected chi connectivity index (χ4v) is 1.21. The highest BCUT2D eigenvalue weighted by Gasteiger charge is 2.29. The van der Waals surface area contributed by atoms with Gasteiger partial charge in [-0.2, -0.15) is 0 Å². The molecule has 4 heteroatoms. The van der Waals surface area contributed by atoms with Crippen molar-refractivity contribution in [3.05, 3.63) is 5.82 Å². The van der Waals surface area contributed by atoms with Crippen LogP contribution in [0.2, 0.25) is 0 Å². The molecule has 0 radical (unpaired) electrons. The van der Waals surface area contributed by atoms with Crippen molar-refractivity contribution in [2.24, 2.45) is 0 Å². The van der Waals surface area contributed by atoms with Crippen LogP contribution in [0.4, 0.5) is 0 Å². The van der Waals surface area contributed by atoms with Crippen LogP contribution in [0.25, 0.3) is 0 Å². The van der Waals surface area contributed by atoms with Gasteiger partial charge in [0.25, 0.3) is 0 Å². The largest absolute Gasteiger partial charge is 0.224 e. The van der Waals surface area contributed by atoms with Crippen molar-refractivity contribution < 1.29 is 0 Å². The SMILES string of the molecule is CCC(C)(C)n1nnnc1C(C)(C)C. The van der Waals surface area contributed by atoms with Gasteiger partial charge in [-0.05, 0) is 30.7 Å². The van der Waals surface area contributed by atoms with Crippen molar-refractivity contribution >= 4 is 0 Å². The van der Waals surface area contributed by atoms with E-state index in [1.807, 2.05) is 4.68 Å². The van der Waals surface area contributed by atoms with E-state index < -0.39 is 0 Å². The molecule has 0 amide bonds. The summed E-state index contributed by atoms with van der Waals surface area (Å²) in [6.07, 6.45) is 1.02. The van der Waals surface area contributed by atoms with Crippen molar-refractivity contribution in [3.8, 4) is 0 Å². The molecule has 1 rings (SSSR count). The number of nitrogens with zero attached hydrogens (tertiary/aromatic N) is 4. The van der Waals surface area contributed by atoms with Crippen LogP contribution in [0.15, 0.2) is 0 Å². The first-order valence-corrected chi connectivity index (χ1v) is 5.08. The Morgan fingerprint density at radius 3 is 2.14 bits per heavy atom. The zero-order valence-corrected chi connectivity index (χ0v) is 10.00. The van der Waals surface area contributed by atoms with E-state index in [1.54, 1.807) is 0 Å². The third-order valence-electron chi connectivity index (χ3n) is 2.58. The highest BCUT2D eigenvalue weighted by Crippen LogP contribution is 2.25. The molecule has 4 nitrogen and oxygen atoms in total. The zero-order valence-electron chi connectivity index (χ0n) is 10.00. The maximum absolute atomic E-state index is 4.10. The van der Waals surface area contributed by atoms with Gasteiger partial charge in [0.15, 0.2) is 5.82 Å². The minimum absolute atomic E-state index is 0.00403. The Hall–Kier alpha value is -0.930. The fraction of sp³-hybridized carbons (Fsp3) is 0.900. The van der Waals surface area contributed by atoms with E-state index in [2.05, 4.69) is 57.1 Å². The number of tetrazole rings is 1. The summed E-state index contributed by atoms with van der Waals surface area (Å²) in [7, 11) is 0. The van der Waals surface area contributed by atoms with E-state index in [-0.39, 0.29) is 11.0 Å². The average Bonchev–Trinajstić information content (AvgIpc) is 2.51. The lowest BCUT2D eigenvalue weighted by atomic mass is 9.93. The van der Waals surface area contributed by atoms with Gasteiger partial charge in [-0.1, -0.05) is 27.7 Å². The Morgan fingerprint density at radius 1 is 1.14 bits per heavy atom. The molecule has 1 heterocycles. The van der Waals surface area contributed by atoms with E-state index in [1.165, 1.54) is 0 Å². The van der Waals surface area contributed by atoms with Crippen LogP contribution in [-0.4, -0.2) is 20.2 Å².